The molecule has 2 heterocycles. The van der Waals surface area contributed by atoms with Gasteiger partial charge < -0.3 is 5.73 Å². The number of aromatic nitrogens is 3. The zero-order valence-electron chi connectivity index (χ0n) is 6.86. The first-order valence-corrected chi connectivity index (χ1v) is 3.88. The molecule has 0 aliphatic rings. The molecular formula is C8H10N4. The van der Waals surface area contributed by atoms with Crippen molar-refractivity contribution in [1.82, 2.24) is 14.8 Å². The Labute approximate surface area is 70.0 Å². The van der Waals surface area contributed by atoms with Gasteiger partial charge in [-0.3, -0.25) is 9.67 Å². The lowest BCUT2D eigenvalue weighted by Gasteiger charge is -2.00. The average Bonchev–Trinajstić information content (AvgIpc) is 2.49. The zero-order chi connectivity index (χ0) is 8.55. The van der Waals surface area contributed by atoms with E-state index in [4.69, 9.17) is 5.73 Å². The molecule has 2 aromatic rings. The molecule has 0 amide bonds. The number of aryl methyl sites for hydroxylation is 1. The molecule has 0 atom stereocenters. The molecule has 2 N–H and O–H groups in total. The summed E-state index contributed by atoms with van der Waals surface area (Å²) in [4.78, 5) is 3.98. The maximum Gasteiger partial charge on any atom is 0.0942 e. The van der Waals surface area contributed by atoms with E-state index in [-0.39, 0.29) is 0 Å². The summed E-state index contributed by atoms with van der Waals surface area (Å²) in [6.45, 7) is 2.87. The van der Waals surface area contributed by atoms with Crippen molar-refractivity contribution in [1.29, 1.82) is 0 Å². The Morgan fingerprint density at radius 2 is 2.25 bits per heavy atom. The smallest absolute Gasteiger partial charge is 0.0942 e. The fraction of sp³-hybridized carbons (Fsp3) is 0.250. The van der Waals surface area contributed by atoms with E-state index in [9.17, 15) is 0 Å². The maximum absolute atomic E-state index is 5.75. The lowest BCUT2D eigenvalue weighted by Crippen LogP contribution is -1.98. The van der Waals surface area contributed by atoms with Crippen LogP contribution in [0.2, 0.25) is 0 Å². The first-order valence-electron chi connectivity index (χ1n) is 3.88. The normalized spacial score (nSPS) is 10.8. The summed E-state index contributed by atoms with van der Waals surface area (Å²) < 4.78 is 1.87. The van der Waals surface area contributed by atoms with Crippen LogP contribution in [0.5, 0.6) is 0 Å². The largest absolute Gasteiger partial charge is 0.396 e. The van der Waals surface area contributed by atoms with Gasteiger partial charge in [0.15, 0.2) is 0 Å². The van der Waals surface area contributed by atoms with E-state index in [2.05, 4.69) is 10.1 Å². The highest BCUT2D eigenvalue weighted by Crippen LogP contribution is 2.18. The number of nitrogens with two attached hydrogens (primary N) is 1. The number of hydrogen-bond donors (Lipinski definition) is 1. The second-order valence-corrected chi connectivity index (χ2v) is 2.63. The molecule has 0 aromatic carbocycles. The van der Waals surface area contributed by atoms with Gasteiger partial charge in [0.2, 0.25) is 0 Å². The van der Waals surface area contributed by atoms with E-state index in [1.165, 1.54) is 0 Å². The molecule has 0 fully saturated rings. The monoisotopic (exact) mass is 162 g/mol. The van der Waals surface area contributed by atoms with E-state index >= 15 is 0 Å². The van der Waals surface area contributed by atoms with Gasteiger partial charge in [0.05, 0.1) is 23.6 Å². The minimum absolute atomic E-state index is 0.687. The van der Waals surface area contributed by atoms with Crippen LogP contribution in [0.1, 0.15) is 6.92 Å². The molecule has 0 bridgehead atoms. The minimum Gasteiger partial charge on any atom is -0.396 e. The van der Waals surface area contributed by atoms with Crippen LogP contribution in [0.3, 0.4) is 0 Å². The summed E-state index contributed by atoms with van der Waals surface area (Å²) in [6, 6.07) is 0. The van der Waals surface area contributed by atoms with E-state index in [0.717, 1.165) is 17.4 Å². The van der Waals surface area contributed by atoms with Crippen molar-refractivity contribution in [3.05, 3.63) is 18.6 Å². The Hall–Kier alpha value is -1.58. The third-order valence-electron chi connectivity index (χ3n) is 1.87. The molecule has 0 unspecified atom stereocenters. The molecule has 4 nitrogen and oxygen atoms in total. The van der Waals surface area contributed by atoms with Crippen molar-refractivity contribution in [2.45, 2.75) is 13.5 Å². The van der Waals surface area contributed by atoms with Crippen molar-refractivity contribution in [3.8, 4) is 0 Å². The lowest BCUT2D eigenvalue weighted by molar-refractivity contribution is 0.684. The summed E-state index contributed by atoms with van der Waals surface area (Å²) in [5.41, 5.74) is 7.42. The molecule has 0 spiro atoms. The Bertz CT molecular complexity index is 404. The molecule has 2 aromatic heterocycles. The van der Waals surface area contributed by atoms with Crippen LogP contribution < -0.4 is 5.73 Å². The summed E-state index contributed by atoms with van der Waals surface area (Å²) >= 11 is 0. The third-order valence-corrected chi connectivity index (χ3v) is 1.87. The quantitative estimate of drug-likeness (QED) is 0.681. The first kappa shape index (κ1) is 7.09. The second-order valence-electron chi connectivity index (χ2n) is 2.63. The van der Waals surface area contributed by atoms with Crippen LogP contribution in [0.25, 0.3) is 10.9 Å². The molecular weight excluding hydrogens is 152 g/mol. The van der Waals surface area contributed by atoms with Gasteiger partial charge in [0, 0.05) is 18.1 Å². The Morgan fingerprint density at radius 1 is 1.42 bits per heavy atom. The Balaban J connectivity index is 2.83. The molecule has 0 aliphatic carbocycles. The highest BCUT2D eigenvalue weighted by molar-refractivity contribution is 5.88. The highest BCUT2D eigenvalue weighted by atomic mass is 15.3. The molecule has 12 heavy (non-hydrogen) atoms. The van der Waals surface area contributed by atoms with Crippen LogP contribution in [0.15, 0.2) is 18.6 Å². The van der Waals surface area contributed by atoms with Gasteiger partial charge in [0.25, 0.3) is 0 Å². The number of fused-ring (bicyclic) bond motifs is 1. The van der Waals surface area contributed by atoms with Gasteiger partial charge in [-0.25, -0.2) is 0 Å². The van der Waals surface area contributed by atoms with Gasteiger partial charge in [-0.15, -0.1) is 0 Å². The van der Waals surface area contributed by atoms with Crippen molar-refractivity contribution < 1.29 is 0 Å². The fourth-order valence-electron chi connectivity index (χ4n) is 1.31. The van der Waals surface area contributed by atoms with Crippen molar-refractivity contribution in [3.63, 3.8) is 0 Å². The number of anilines is 1. The number of rotatable bonds is 1. The van der Waals surface area contributed by atoms with Crippen molar-refractivity contribution >= 4 is 16.6 Å². The number of pyridine rings is 1. The summed E-state index contributed by atoms with van der Waals surface area (Å²) in [5, 5.41) is 5.17. The Morgan fingerprint density at radius 3 is 3.00 bits per heavy atom. The van der Waals surface area contributed by atoms with Crippen LogP contribution in [0, 0.1) is 0 Å². The molecule has 62 valence electrons. The van der Waals surface area contributed by atoms with Crippen LogP contribution >= 0.6 is 0 Å². The number of nitrogens with zero attached hydrogens (tertiary/aromatic N) is 3. The summed E-state index contributed by atoms with van der Waals surface area (Å²) in [7, 11) is 0. The van der Waals surface area contributed by atoms with E-state index in [1.807, 2.05) is 11.6 Å². The van der Waals surface area contributed by atoms with Crippen molar-refractivity contribution in [2.24, 2.45) is 0 Å². The van der Waals surface area contributed by atoms with Gasteiger partial charge in [0.1, 0.15) is 0 Å². The van der Waals surface area contributed by atoms with Crippen molar-refractivity contribution in [2.75, 3.05) is 5.73 Å². The zero-order valence-corrected chi connectivity index (χ0v) is 6.86. The van der Waals surface area contributed by atoms with E-state index in [1.54, 1.807) is 18.6 Å². The van der Waals surface area contributed by atoms with Gasteiger partial charge >= 0.3 is 0 Å². The average molecular weight is 162 g/mol. The van der Waals surface area contributed by atoms with E-state index in [0.29, 0.717) is 5.69 Å². The maximum atomic E-state index is 5.75. The molecule has 0 saturated heterocycles. The topological polar surface area (TPSA) is 56.7 Å². The molecule has 0 aliphatic heterocycles. The van der Waals surface area contributed by atoms with Crippen LogP contribution in [-0.4, -0.2) is 14.8 Å². The number of nitrogen functional groups attached to an aromatic ring is 1. The number of hydrogen-bond acceptors (Lipinski definition) is 3. The van der Waals surface area contributed by atoms with Crippen LogP contribution in [0.4, 0.5) is 5.69 Å². The fourth-order valence-corrected chi connectivity index (χ4v) is 1.31. The summed E-state index contributed by atoms with van der Waals surface area (Å²) in [6.07, 6.45) is 5.20. The molecule has 0 saturated carbocycles. The first-order chi connectivity index (χ1) is 5.83. The lowest BCUT2D eigenvalue weighted by atomic mass is 10.3. The SMILES string of the molecule is CCn1ncc2cncc(N)c21. The molecule has 0 radical (unpaired) electrons. The van der Waals surface area contributed by atoms with Gasteiger partial charge in [-0.2, -0.15) is 5.10 Å². The second kappa shape index (κ2) is 2.48. The molecule has 2 rings (SSSR count). The Kier molecular flexibility index (Phi) is 1.46. The van der Waals surface area contributed by atoms with Crippen LogP contribution in [-0.2, 0) is 6.54 Å². The highest BCUT2D eigenvalue weighted by Gasteiger charge is 2.03. The predicted octanol–water partition coefficient (Wildman–Crippen LogP) is 1.03. The predicted molar refractivity (Wildman–Crippen MR) is 47.6 cm³/mol. The van der Waals surface area contributed by atoms with E-state index < -0.39 is 0 Å². The summed E-state index contributed by atoms with van der Waals surface area (Å²) in [5.74, 6) is 0. The minimum atomic E-state index is 0.687. The third kappa shape index (κ3) is 0.845. The van der Waals surface area contributed by atoms with Gasteiger partial charge in [-0.1, -0.05) is 0 Å². The van der Waals surface area contributed by atoms with Gasteiger partial charge in [-0.05, 0) is 6.92 Å². The molecule has 4 heteroatoms. The standard InChI is InChI=1S/C8H10N4/c1-2-12-8-6(4-11-12)3-10-5-7(8)9/h3-5H,2,9H2,1H3.